The average molecular weight is 239 g/mol. The highest BCUT2D eigenvalue weighted by Gasteiger charge is 2.38. The lowest BCUT2D eigenvalue weighted by Crippen LogP contribution is -2.48. The van der Waals surface area contributed by atoms with Gasteiger partial charge in [0.2, 0.25) is 0 Å². The van der Waals surface area contributed by atoms with Gasteiger partial charge in [0.05, 0.1) is 0 Å². The van der Waals surface area contributed by atoms with Gasteiger partial charge in [-0.1, -0.05) is 26.2 Å². The Bertz CT molecular complexity index is 257. The zero-order valence-corrected chi connectivity index (χ0v) is 10.8. The number of carbonyl (C=O) groups is 1. The first-order valence-corrected chi connectivity index (χ1v) is 7.21. The van der Waals surface area contributed by atoms with Gasteiger partial charge in [-0.25, -0.2) is 0 Å². The van der Waals surface area contributed by atoms with Gasteiger partial charge in [-0.05, 0) is 43.9 Å². The lowest BCUT2D eigenvalue weighted by atomic mass is 9.82. The Morgan fingerprint density at radius 1 is 1.18 bits per heavy atom. The van der Waals surface area contributed by atoms with E-state index in [-0.39, 0.29) is 6.04 Å². The molecule has 2 aliphatic carbocycles. The maximum Gasteiger partial charge on any atom is 0.320 e. The maximum absolute atomic E-state index is 11.3. The Kier molecular flexibility index (Phi) is 4.43. The molecular formula is C14H25NO2. The summed E-state index contributed by atoms with van der Waals surface area (Å²) in [6.07, 6.45) is 9.80. The molecule has 0 spiro atoms. The van der Waals surface area contributed by atoms with Crippen LogP contribution in [0.4, 0.5) is 0 Å². The van der Waals surface area contributed by atoms with Gasteiger partial charge in [0.1, 0.15) is 6.04 Å². The van der Waals surface area contributed by atoms with Crippen molar-refractivity contribution in [1.82, 2.24) is 5.32 Å². The van der Waals surface area contributed by atoms with Gasteiger partial charge in [0.15, 0.2) is 0 Å². The number of hydrogen-bond acceptors (Lipinski definition) is 2. The number of carboxylic acid groups (broad SMARTS) is 1. The van der Waals surface area contributed by atoms with Crippen LogP contribution in [-0.4, -0.2) is 23.2 Å². The minimum absolute atomic E-state index is 0.290. The second kappa shape index (κ2) is 5.85. The van der Waals surface area contributed by atoms with E-state index in [0.717, 1.165) is 19.3 Å². The fourth-order valence-electron chi connectivity index (χ4n) is 3.19. The molecule has 2 fully saturated rings. The predicted molar refractivity (Wildman–Crippen MR) is 67.9 cm³/mol. The zero-order valence-electron chi connectivity index (χ0n) is 10.8. The van der Waals surface area contributed by atoms with Crippen LogP contribution in [0.1, 0.15) is 58.3 Å². The van der Waals surface area contributed by atoms with Crippen molar-refractivity contribution in [3.05, 3.63) is 0 Å². The lowest BCUT2D eigenvalue weighted by molar-refractivity contribution is -0.140. The molecule has 3 heteroatoms. The monoisotopic (exact) mass is 239 g/mol. The van der Waals surface area contributed by atoms with Crippen molar-refractivity contribution in [1.29, 1.82) is 0 Å². The molecule has 0 aromatic rings. The van der Waals surface area contributed by atoms with Crippen LogP contribution >= 0.6 is 0 Å². The number of rotatable bonds is 6. The van der Waals surface area contributed by atoms with E-state index in [1.807, 2.05) is 0 Å². The van der Waals surface area contributed by atoms with Gasteiger partial charge in [0.25, 0.3) is 0 Å². The third-order valence-electron chi connectivity index (χ3n) is 4.41. The van der Waals surface area contributed by atoms with Crippen molar-refractivity contribution in [2.45, 2.75) is 70.4 Å². The van der Waals surface area contributed by atoms with Crippen LogP contribution in [0.5, 0.6) is 0 Å². The Morgan fingerprint density at radius 3 is 2.29 bits per heavy atom. The highest BCUT2D eigenvalue weighted by molar-refractivity contribution is 5.74. The maximum atomic E-state index is 11.3. The van der Waals surface area contributed by atoms with Gasteiger partial charge in [0, 0.05) is 6.04 Å². The molecule has 0 aromatic heterocycles. The summed E-state index contributed by atoms with van der Waals surface area (Å²) in [4.78, 5) is 11.3. The first-order chi connectivity index (χ1) is 8.22. The molecular weight excluding hydrogens is 214 g/mol. The number of nitrogens with one attached hydrogen (secondary N) is 1. The Labute approximate surface area is 104 Å². The van der Waals surface area contributed by atoms with Crippen LogP contribution in [0.25, 0.3) is 0 Å². The third-order valence-corrected chi connectivity index (χ3v) is 4.41. The summed E-state index contributed by atoms with van der Waals surface area (Å²) in [6, 6.07) is 0.124. The summed E-state index contributed by atoms with van der Waals surface area (Å²) in [5.41, 5.74) is 0. The molecule has 0 bridgehead atoms. The molecule has 0 radical (unpaired) electrons. The number of carboxylic acids is 1. The molecule has 0 saturated heterocycles. The molecule has 2 rings (SSSR count). The topological polar surface area (TPSA) is 49.3 Å². The molecule has 2 saturated carbocycles. The van der Waals surface area contributed by atoms with Crippen LogP contribution in [0.3, 0.4) is 0 Å². The summed E-state index contributed by atoms with van der Waals surface area (Å²) in [6.45, 7) is 2.18. The largest absolute Gasteiger partial charge is 0.480 e. The van der Waals surface area contributed by atoms with Gasteiger partial charge >= 0.3 is 5.97 Å². The van der Waals surface area contributed by atoms with Gasteiger partial charge in [-0.3, -0.25) is 4.79 Å². The van der Waals surface area contributed by atoms with Gasteiger partial charge in [-0.15, -0.1) is 0 Å². The van der Waals surface area contributed by atoms with E-state index in [1.165, 1.54) is 32.1 Å². The van der Waals surface area contributed by atoms with E-state index >= 15 is 0 Å². The van der Waals surface area contributed by atoms with Gasteiger partial charge < -0.3 is 10.4 Å². The second-order valence-corrected chi connectivity index (χ2v) is 5.73. The highest BCUT2D eigenvalue weighted by Crippen LogP contribution is 2.34. The first-order valence-electron chi connectivity index (χ1n) is 7.21. The van der Waals surface area contributed by atoms with E-state index in [2.05, 4.69) is 12.2 Å². The molecule has 2 aliphatic rings. The standard InChI is InChI=1S/C14H25NO2/c1-2-12(10-6-4-3-5-7-10)15-13(14(16)17)11-8-9-11/h10-13,15H,2-9H2,1H3,(H,16,17). The summed E-state index contributed by atoms with van der Waals surface area (Å²) in [5.74, 6) is 0.446. The molecule has 2 atom stereocenters. The quantitative estimate of drug-likeness (QED) is 0.749. The molecule has 0 aliphatic heterocycles. The predicted octanol–water partition coefficient (Wildman–Crippen LogP) is 2.80. The highest BCUT2D eigenvalue weighted by atomic mass is 16.4. The van der Waals surface area contributed by atoms with Crippen LogP contribution in [0, 0.1) is 11.8 Å². The van der Waals surface area contributed by atoms with E-state index in [0.29, 0.717) is 17.9 Å². The molecule has 3 nitrogen and oxygen atoms in total. The van der Waals surface area contributed by atoms with Crippen LogP contribution in [-0.2, 0) is 4.79 Å². The molecule has 2 N–H and O–H groups in total. The molecule has 17 heavy (non-hydrogen) atoms. The van der Waals surface area contributed by atoms with Crippen LogP contribution in [0.15, 0.2) is 0 Å². The van der Waals surface area contributed by atoms with Crippen molar-refractivity contribution in [2.24, 2.45) is 11.8 Å². The lowest BCUT2D eigenvalue weighted by Gasteiger charge is -2.32. The van der Waals surface area contributed by atoms with Gasteiger partial charge in [-0.2, -0.15) is 0 Å². The second-order valence-electron chi connectivity index (χ2n) is 5.73. The van der Waals surface area contributed by atoms with Crippen molar-refractivity contribution < 1.29 is 9.90 Å². The Hall–Kier alpha value is -0.570. The molecule has 0 aromatic carbocycles. The van der Waals surface area contributed by atoms with Crippen molar-refractivity contribution in [3.63, 3.8) is 0 Å². The summed E-state index contributed by atoms with van der Waals surface area (Å²) >= 11 is 0. The molecule has 2 unspecified atom stereocenters. The zero-order chi connectivity index (χ0) is 12.3. The number of aliphatic carboxylic acids is 1. The molecule has 0 heterocycles. The Balaban J connectivity index is 1.90. The Morgan fingerprint density at radius 2 is 1.82 bits per heavy atom. The fourth-order valence-corrected chi connectivity index (χ4v) is 3.19. The number of hydrogen-bond donors (Lipinski definition) is 2. The van der Waals surface area contributed by atoms with Crippen molar-refractivity contribution in [3.8, 4) is 0 Å². The van der Waals surface area contributed by atoms with E-state index in [1.54, 1.807) is 0 Å². The summed E-state index contributed by atoms with van der Waals surface area (Å²) < 4.78 is 0. The SMILES string of the molecule is CCC(NC(C(=O)O)C1CC1)C1CCCCC1. The summed E-state index contributed by atoms with van der Waals surface area (Å²) in [7, 11) is 0. The van der Waals surface area contributed by atoms with E-state index in [9.17, 15) is 9.90 Å². The van der Waals surface area contributed by atoms with E-state index < -0.39 is 5.97 Å². The summed E-state index contributed by atoms with van der Waals surface area (Å²) in [5, 5.41) is 12.7. The van der Waals surface area contributed by atoms with E-state index in [4.69, 9.17) is 0 Å². The van der Waals surface area contributed by atoms with Crippen molar-refractivity contribution >= 4 is 5.97 Å². The fraction of sp³-hybridized carbons (Fsp3) is 0.929. The normalized spacial score (nSPS) is 25.5. The van der Waals surface area contributed by atoms with Crippen LogP contribution in [0.2, 0.25) is 0 Å². The minimum atomic E-state index is -0.651. The molecule has 0 amide bonds. The smallest absolute Gasteiger partial charge is 0.320 e. The minimum Gasteiger partial charge on any atom is -0.480 e. The third kappa shape index (κ3) is 3.44. The van der Waals surface area contributed by atoms with Crippen molar-refractivity contribution in [2.75, 3.05) is 0 Å². The average Bonchev–Trinajstić information content (AvgIpc) is 3.15. The molecule has 98 valence electrons. The first kappa shape index (κ1) is 12.9. The van der Waals surface area contributed by atoms with Crippen LogP contribution < -0.4 is 5.32 Å².